The topological polar surface area (TPSA) is 34.1 Å². The molecule has 0 aliphatic rings. The molecule has 3 rings (SSSR count). The lowest BCUT2D eigenvalue weighted by molar-refractivity contribution is 0.446. The lowest BCUT2D eigenvalue weighted by atomic mass is 10.1. The first-order valence-corrected chi connectivity index (χ1v) is 6.68. The molecule has 3 aromatic rings. The lowest BCUT2D eigenvalue weighted by Crippen LogP contribution is -1.93. The van der Waals surface area contributed by atoms with Gasteiger partial charge in [0.1, 0.15) is 5.75 Å². The van der Waals surface area contributed by atoms with Crippen LogP contribution in [0.2, 0.25) is 0 Å². The molecule has 1 aromatic heterocycles. The molecule has 3 nitrogen and oxygen atoms in total. The summed E-state index contributed by atoms with van der Waals surface area (Å²) in [6.45, 7) is 2.00. The van der Waals surface area contributed by atoms with Crippen LogP contribution in [0.25, 0.3) is 10.9 Å². The van der Waals surface area contributed by atoms with E-state index in [2.05, 4.69) is 10.3 Å². The van der Waals surface area contributed by atoms with Gasteiger partial charge in [0.2, 0.25) is 0 Å². The summed E-state index contributed by atoms with van der Waals surface area (Å²) in [6.07, 6.45) is 1.66. The Morgan fingerprint density at radius 1 is 1.05 bits per heavy atom. The molecule has 0 aliphatic heterocycles. The molecule has 0 amide bonds. The smallest absolute Gasteiger partial charge is 0.167 e. The van der Waals surface area contributed by atoms with E-state index in [0.717, 1.165) is 16.5 Å². The van der Waals surface area contributed by atoms with Crippen LogP contribution in [0.5, 0.6) is 11.5 Å². The minimum Gasteiger partial charge on any atom is -0.454 e. The minimum absolute atomic E-state index is 0.196. The van der Waals surface area contributed by atoms with Crippen molar-refractivity contribution in [1.29, 1.82) is 0 Å². The number of hydrogen-bond donors (Lipinski definition) is 1. The molecule has 0 radical (unpaired) electrons. The molecule has 106 valence electrons. The number of pyridine rings is 1. The van der Waals surface area contributed by atoms with Crippen LogP contribution in [0.3, 0.4) is 0 Å². The predicted molar refractivity (Wildman–Crippen MR) is 82.5 cm³/mol. The summed E-state index contributed by atoms with van der Waals surface area (Å²) in [5.74, 6) is 0.386. The van der Waals surface area contributed by atoms with Gasteiger partial charge in [-0.2, -0.15) is 0 Å². The first-order valence-electron chi connectivity index (χ1n) is 6.68. The van der Waals surface area contributed by atoms with Gasteiger partial charge in [0, 0.05) is 30.4 Å². The third-order valence-corrected chi connectivity index (χ3v) is 3.30. The van der Waals surface area contributed by atoms with Gasteiger partial charge in [-0.15, -0.1) is 0 Å². The van der Waals surface area contributed by atoms with Crippen molar-refractivity contribution in [1.82, 2.24) is 4.98 Å². The summed E-state index contributed by atoms with van der Waals surface area (Å²) in [5.41, 5.74) is 2.66. The third-order valence-electron chi connectivity index (χ3n) is 3.30. The highest BCUT2D eigenvalue weighted by Gasteiger charge is 2.09. The molecule has 0 atom stereocenters. The van der Waals surface area contributed by atoms with Gasteiger partial charge in [0.25, 0.3) is 0 Å². The van der Waals surface area contributed by atoms with Crippen molar-refractivity contribution in [2.45, 2.75) is 6.92 Å². The Balaban J connectivity index is 2.02. The molecule has 0 unspecified atom stereocenters. The molecule has 1 heterocycles. The number of aromatic nitrogens is 1. The van der Waals surface area contributed by atoms with Gasteiger partial charge in [0.15, 0.2) is 11.6 Å². The molecule has 21 heavy (non-hydrogen) atoms. The SMILES string of the molecule is CNc1ccc(Oc2ccnc3cc(C)ccc23)c(F)c1. The van der Waals surface area contributed by atoms with Gasteiger partial charge in [-0.3, -0.25) is 4.98 Å². The molecule has 0 aliphatic carbocycles. The highest BCUT2D eigenvalue weighted by atomic mass is 19.1. The average Bonchev–Trinajstić information content (AvgIpc) is 2.49. The van der Waals surface area contributed by atoms with Crippen LogP contribution in [-0.4, -0.2) is 12.0 Å². The maximum absolute atomic E-state index is 14.0. The first kappa shape index (κ1) is 13.4. The highest BCUT2D eigenvalue weighted by molar-refractivity contribution is 5.85. The number of nitrogens with zero attached hydrogens (tertiary/aromatic N) is 1. The molecule has 0 saturated carbocycles. The number of aryl methyl sites for hydroxylation is 1. The monoisotopic (exact) mass is 282 g/mol. The van der Waals surface area contributed by atoms with Crippen molar-refractivity contribution in [3.05, 3.63) is 60.0 Å². The standard InChI is InChI=1S/C17H15FN2O/c1-11-3-5-13-15(9-11)20-8-7-16(13)21-17-6-4-12(19-2)10-14(17)18/h3-10,19H,1-2H3. The van der Waals surface area contributed by atoms with Crippen LogP contribution in [0.15, 0.2) is 48.7 Å². The summed E-state index contributed by atoms with van der Waals surface area (Å²) in [4.78, 5) is 4.31. The van der Waals surface area contributed by atoms with Crippen molar-refractivity contribution >= 4 is 16.6 Å². The quantitative estimate of drug-likeness (QED) is 0.767. The lowest BCUT2D eigenvalue weighted by Gasteiger charge is -2.10. The van der Waals surface area contributed by atoms with Crippen molar-refractivity contribution in [3.8, 4) is 11.5 Å². The van der Waals surface area contributed by atoms with E-state index in [9.17, 15) is 4.39 Å². The van der Waals surface area contributed by atoms with E-state index in [1.54, 1.807) is 31.4 Å². The van der Waals surface area contributed by atoms with E-state index < -0.39 is 5.82 Å². The van der Waals surface area contributed by atoms with E-state index in [4.69, 9.17) is 4.74 Å². The fourth-order valence-corrected chi connectivity index (χ4v) is 2.18. The number of rotatable bonds is 3. The Kier molecular flexibility index (Phi) is 3.44. The first-order chi connectivity index (χ1) is 10.2. The Labute approximate surface area is 122 Å². The molecule has 1 N–H and O–H groups in total. The van der Waals surface area contributed by atoms with Gasteiger partial charge in [-0.05, 0) is 42.8 Å². The second-order valence-corrected chi connectivity index (χ2v) is 4.83. The molecule has 0 fully saturated rings. The molecule has 4 heteroatoms. The maximum atomic E-state index is 14.0. The third kappa shape index (κ3) is 2.65. The van der Waals surface area contributed by atoms with Crippen molar-refractivity contribution < 1.29 is 9.13 Å². The molecule has 0 bridgehead atoms. The van der Waals surface area contributed by atoms with E-state index >= 15 is 0 Å². The Morgan fingerprint density at radius 3 is 2.67 bits per heavy atom. The van der Waals surface area contributed by atoms with E-state index in [1.165, 1.54) is 6.07 Å². The molecule has 0 saturated heterocycles. The average molecular weight is 282 g/mol. The Hall–Kier alpha value is -2.62. The number of fused-ring (bicyclic) bond motifs is 1. The Morgan fingerprint density at radius 2 is 1.90 bits per heavy atom. The van der Waals surface area contributed by atoms with Crippen LogP contribution in [0, 0.1) is 12.7 Å². The van der Waals surface area contributed by atoms with Gasteiger partial charge >= 0.3 is 0 Å². The van der Waals surface area contributed by atoms with Crippen molar-refractivity contribution in [3.63, 3.8) is 0 Å². The van der Waals surface area contributed by atoms with Crippen molar-refractivity contribution in [2.75, 3.05) is 12.4 Å². The number of benzene rings is 2. The molecule has 0 spiro atoms. The maximum Gasteiger partial charge on any atom is 0.167 e. The van der Waals surface area contributed by atoms with Gasteiger partial charge in [-0.1, -0.05) is 6.07 Å². The summed E-state index contributed by atoms with van der Waals surface area (Å²) < 4.78 is 19.7. The Bertz CT molecular complexity index is 802. The summed E-state index contributed by atoms with van der Waals surface area (Å²) >= 11 is 0. The second kappa shape index (κ2) is 5.40. The predicted octanol–water partition coefficient (Wildman–Crippen LogP) is 4.52. The highest BCUT2D eigenvalue weighted by Crippen LogP contribution is 2.31. The van der Waals surface area contributed by atoms with Crippen LogP contribution < -0.4 is 10.1 Å². The molecular weight excluding hydrogens is 267 g/mol. The zero-order valence-corrected chi connectivity index (χ0v) is 11.9. The van der Waals surface area contributed by atoms with Gasteiger partial charge in [0.05, 0.1) is 5.52 Å². The minimum atomic E-state index is -0.404. The van der Waals surface area contributed by atoms with E-state index in [-0.39, 0.29) is 5.75 Å². The normalized spacial score (nSPS) is 10.6. The summed E-state index contributed by atoms with van der Waals surface area (Å²) in [6, 6.07) is 12.4. The fraction of sp³-hybridized carbons (Fsp3) is 0.118. The second-order valence-electron chi connectivity index (χ2n) is 4.83. The van der Waals surface area contributed by atoms with Gasteiger partial charge < -0.3 is 10.1 Å². The van der Waals surface area contributed by atoms with Gasteiger partial charge in [-0.25, -0.2) is 4.39 Å². The number of halogens is 1. The van der Waals surface area contributed by atoms with Crippen LogP contribution >= 0.6 is 0 Å². The summed E-state index contributed by atoms with van der Waals surface area (Å²) in [5, 5.41) is 3.75. The number of ether oxygens (including phenoxy) is 1. The fourth-order valence-electron chi connectivity index (χ4n) is 2.18. The molecule has 2 aromatic carbocycles. The zero-order chi connectivity index (χ0) is 14.8. The number of anilines is 1. The summed E-state index contributed by atoms with van der Waals surface area (Å²) in [7, 11) is 1.74. The molecular formula is C17H15FN2O. The van der Waals surface area contributed by atoms with Crippen LogP contribution in [0.1, 0.15) is 5.56 Å². The zero-order valence-electron chi connectivity index (χ0n) is 11.9. The van der Waals surface area contributed by atoms with E-state index in [1.807, 2.05) is 25.1 Å². The number of hydrogen-bond acceptors (Lipinski definition) is 3. The van der Waals surface area contributed by atoms with Crippen LogP contribution in [-0.2, 0) is 0 Å². The largest absolute Gasteiger partial charge is 0.454 e. The van der Waals surface area contributed by atoms with Crippen molar-refractivity contribution in [2.24, 2.45) is 0 Å². The van der Waals surface area contributed by atoms with Crippen LogP contribution in [0.4, 0.5) is 10.1 Å². The number of nitrogens with one attached hydrogen (secondary N) is 1. The van der Waals surface area contributed by atoms with E-state index in [0.29, 0.717) is 11.4 Å².